The summed E-state index contributed by atoms with van der Waals surface area (Å²) in [7, 11) is 0. The van der Waals surface area contributed by atoms with Crippen LogP contribution in [0.1, 0.15) is 12.8 Å². The fourth-order valence-corrected chi connectivity index (χ4v) is 2.76. The number of hydrogen-bond donors (Lipinski definition) is 3. The Balaban J connectivity index is 1.91. The number of benzene rings is 1. The lowest BCUT2D eigenvalue weighted by atomic mass is 10.2. The zero-order valence-corrected chi connectivity index (χ0v) is 12.5. The van der Waals surface area contributed by atoms with E-state index in [9.17, 15) is 9.59 Å². The largest absolute Gasteiger partial charge is 0.344 e. The second kappa shape index (κ2) is 5.71. The van der Waals surface area contributed by atoms with Gasteiger partial charge in [0, 0.05) is 15.4 Å². The van der Waals surface area contributed by atoms with Crippen LogP contribution in [0.5, 0.6) is 0 Å². The quantitative estimate of drug-likeness (QED) is 0.706. The second-order valence-corrected chi connectivity index (χ2v) is 5.67. The number of rotatable bonds is 3. The summed E-state index contributed by atoms with van der Waals surface area (Å²) in [6, 6.07) is 5.10. The van der Waals surface area contributed by atoms with Gasteiger partial charge in [-0.1, -0.05) is 15.9 Å². The van der Waals surface area contributed by atoms with E-state index in [2.05, 4.69) is 48.0 Å². The van der Waals surface area contributed by atoms with Crippen LogP contribution in [0.25, 0.3) is 0 Å². The van der Waals surface area contributed by atoms with Crippen LogP contribution in [-0.2, 0) is 9.59 Å². The van der Waals surface area contributed by atoms with Crippen molar-refractivity contribution in [2.45, 2.75) is 18.9 Å². The first-order valence-corrected chi connectivity index (χ1v) is 6.95. The van der Waals surface area contributed by atoms with Gasteiger partial charge in [0.2, 0.25) is 5.91 Å². The number of halogens is 2. The smallest absolute Gasteiger partial charge is 0.260 e. The molecule has 0 bridgehead atoms. The highest BCUT2D eigenvalue weighted by molar-refractivity contribution is 9.11. The van der Waals surface area contributed by atoms with Crippen LogP contribution in [-0.4, -0.2) is 17.9 Å². The zero-order valence-electron chi connectivity index (χ0n) is 9.30. The molecular formula is C11H11Br2N3O2. The monoisotopic (exact) mass is 375 g/mol. The van der Waals surface area contributed by atoms with E-state index in [1.54, 1.807) is 0 Å². The van der Waals surface area contributed by atoms with E-state index >= 15 is 0 Å². The van der Waals surface area contributed by atoms with Crippen molar-refractivity contribution in [2.24, 2.45) is 0 Å². The van der Waals surface area contributed by atoms with Gasteiger partial charge < -0.3 is 5.32 Å². The van der Waals surface area contributed by atoms with Crippen molar-refractivity contribution in [3.8, 4) is 0 Å². The van der Waals surface area contributed by atoms with Crippen molar-refractivity contribution < 1.29 is 9.59 Å². The summed E-state index contributed by atoms with van der Waals surface area (Å²) in [6.45, 7) is 0. The standard InChI is InChI=1S/C11H11Br2N3O2/c12-6-1-2-8(7(13)5-6)15-16-11(18)9-3-4-10(17)14-9/h1-2,5,9,15H,3-4H2,(H,14,17)(H,16,18). The van der Waals surface area contributed by atoms with Crippen molar-refractivity contribution >= 4 is 49.4 Å². The molecule has 0 spiro atoms. The van der Waals surface area contributed by atoms with Gasteiger partial charge in [-0.15, -0.1) is 0 Å². The molecule has 1 aliphatic rings. The molecule has 96 valence electrons. The Labute approximate surface area is 121 Å². The van der Waals surface area contributed by atoms with Crippen molar-refractivity contribution in [3.05, 3.63) is 27.1 Å². The fourth-order valence-electron chi connectivity index (χ4n) is 1.62. The Morgan fingerprint density at radius 3 is 2.78 bits per heavy atom. The third kappa shape index (κ3) is 3.23. The Morgan fingerprint density at radius 2 is 2.17 bits per heavy atom. The SMILES string of the molecule is O=C1CCC(C(=O)NNc2ccc(Br)cc2Br)N1. The highest BCUT2D eigenvalue weighted by atomic mass is 79.9. The lowest BCUT2D eigenvalue weighted by Gasteiger charge is -2.13. The summed E-state index contributed by atoms with van der Waals surface area (Å²) in [6.07, 6.45) is 0.938. The molecule has 18 heavy (non-hydrogen) atoms. The van der Waals surface area contributed by atoms with E-state index in [1.165, 1.54) is 0 Å². The molecule has 7 heteroatoms. The Hall–Kier alpha value is -1.08. The first-order chi connectivity index (χ1) is 8.56. The zero-order chi connectivity index (χ0) is 13.1. The summed E-state index contributed by atoms with van der Waals surface area (Å²) in [4.78, 5) is 22.7. The molecule has 3 N–H and O–H groups in total. The first kappa shape index (κ1) is 13.4. The molecule has 1 aromatic rings. The molecule has 1 heterocycles. The van der Waals surface area contributed by atoms with Gasteiger partial charge in [0.25, 0.3) is 5.91 Å². The van der Waals surface area contributed by atoms with Gasteiger partial charge in [0.15, 0.2) is 0 Å². The van der Waals surface area contributed by atoms with E-state index in [4.69, 9.17) is 0 Å². The maximum atomic E-state index is 11.7. The Bertz CT molecular complexity index is 493. The molecule has 0 aliphatic carbocycles. The normalized spacial score (nSPS) is 18.3. The van der Waals surface area contributed by atoms with Gasteiger partial charge in [-0.05, 0) is 40.5 Å². The highest BCUT2D eigenvalue weighted by Crippen LogP contribution is 2.25. The summed E-state index contributed by atoms with van der Waals surface area (Å²) in [5.74, 6) is -0.323. The molecule has 1 aliphatic heterocycles. The summed E-state index contributed by atoms with van der Waals surface area (Å²) in [5.41, 5.74) is 6.13. The molecule has 1 atom stereocenters. The van der Waals surface area contributed by atoms with Gasteiger partial charge >= 0.3 is 0 Å². The summed E-state index contributed by atoms with van der Waals surface area (Å²) < 4.78 is 1.77. The molecule has 2 rings (SSSR count). The molecule has 1 fully saturated rings. The van der Waals surface area contributed by atoms with Gasteiger partial charge in [-0.25, -0.2) is 0 Å². The first-order valence-electron chi connectivity index (χ1n) is 5.36. The molecule has 1 aromatic carbocycles. The maximum absolute atomic E-state index is 11.7. The average molecular weight is 377 g/mol. The van der Waals surface area contributed by atoms with Gasteiger partial charge in [0.1, 0.15) is 6.04 Å². The Morgan fingerprint density at radius 1 is 1.39 bits per heavy atom. The van der Waals surface area contributed by atoms with Crippen molar-refractivity contribution in [2.75, 3.05) is 5.43 Å². The molecule has 2 amide bonds. The molecule has 5 nitrogen and oxygen atoms in total. The van der Waals surface area contributed by atoms with Crippen molar-refractivity contribution in [1.82, 2.24) is 10.7 Å². The summed E-state index contributed by atoms with van der Waals surface area (Å²) >= 11 is 6.72. The topological polar surface area (TPSA) is 70.2 Å². The van der Waals surface area contributed by atoms with Crippen LogP contribution in [0.2, 0.25) is 0 Å². The van der Waals surface area contributed by atoms with E-state index < -0.39 is 6.04 Å². The molecular weight excluding hydrogens is 366 g/mol. The molecule has 1 unspecified atom stereocenters. The average Bonchev–Trinajstić information content (AvgIpc) is 2.74. The number of nitrogens with one attached hydrogen (secondary N) is 3. The minimum absolute atomic E-state index is 0.0834. The third-order valence-electron chi connectivity index (χ3n) is 2.56. The van der Waals surface area contributed by atoms with Gasteiger partial charge in [-0.2, -0.15) is 0 Å². The number of hydrazine groups is 1. The maximum Gasteiger partial charge on any atom is 0.260 e. The number of anilines is 1. The van der Waals surface area contributed by atoms with Crippen molar-refractivity contribution in [3.63, 3.8) is 0 Å². The fraction of sp³-hybridized carbons (Fsp3) is 0.273. The van der Waals surface area contributed by atoms with E-state index in [0.29, 0.717) is 12.8 Å². The van der Waals surface area contributed by atoms with Gasteiger partial charge in [-0.3, -0.25) is 20.4 Å². The minimum atomic E-state index is -0.445. The highest BCUT2D eigenvalue weighted by Gasteiger charge is 2.26. The van der Waals surface area contributed by atoms with Crippen LogP contribution in [0.4, 0.5) is 5.69 Å². The van der Waals surface area contributed by atoms with Crippen LogP contribution in [0, 0.1) is 0 Å². The molecule has 0 radical (unpaired) electrons. The third-order valence-corrected chi connectivity index (χ3v) is 3.71. The number of hydrogen-bond acceptors (Lipinski definition) is 3. The Kier molecular flexibility index (Phi) is 4.23. The van der Waals surface area contributed by atoms with Crippen LogP contribution < -0.4 is 16.2 Å². The number of amides is 2. The van der Waals surface area contributed by atoms with E-state index in [1.807, 2.05) is 18.2 Å². The van der Waals surface area contributed by atoms with Crippen molar-refractivity contribution in [1.29, 1.82) is 0 Å². The molecule has 1 saturated heterocycles. The van der Waals surface area contributed by atoms with Crippen LogP contribution in [0.15, 0.2) is 27.1 Å². The minimum Gasteiger partial charge on any atom is -0.344 e. The molecule has 0 aromatic heterocycles. The number of carbonyl (C=O) groups is 2. The lowest BCUT2D eigenvalue weighted by Crippen LogP contribution is -2.43. The predicted molar refractivity (Wildman–Crippen MR) is 74.8 cm³/mol. The van der Waals surface area contributed by atoms with E-state index in [0.717, 1.165) is 14.6 Å². The van der Waals surface area contributed by atoms with Crippen LogP contribution >= 0.6 is 31.9 Å². The summed E-state index contributed by atoms with van der Waals surface area (Å²) in [5, 5.41) is 2.60. The predicted octanol–water partition coefficient (Wildman–Crippen LogP) is 1.93. The van der Waals surface area contributed by atoms with Crippen LogP contribution in [0.3, 0.4) is 0 Å². The second-order valence-electron chi connectivity index (χ2n) is 3.90. The molecule has 0 saturated carbocycles. The van der Waals surface area contributed by atoms with E-state index in [-0.39, 0.29) is 11.8 Å². The lowest BCUT2D eigenvalue weighted by molar-refractivity contribution is -0.125. The number of carbonyl (C=O) groups excluding carboxylic acids is 2. The van der Waals surface area contributed by atoms with Gasteiger partial charge in [0.05, 0.1) is 5.69 Å².